The van der Waals surface area contributed by atoms with E-state index in [2.05, 4.69) is 10.1 Å². The summed E-state index contributed by atoms with van der Waals surface area (Å²) in [5.41, 5.74) is 7.65. The minimum absolute atomic E-state index is 0.494. The molecule has 0 bridgehead atoms. The van der Waals surface area contributed by atoms with Gasteiger partial charge in [-0.1, -0.05) is 35.5 Å². The Morgan fingerprint density at radius 1 is 1.17 bits per heavy atom. The summed E-state index contributed by atoms with van der Waals surface area (Å²) in [5.74, 6) is 1.16. The predicted octanol–water partition coefficient (Wildman–Crippen LogP) is 2.97. The number of anilines is 1. The van der Waals surface area contributed by atoms with Crippen molar-refractivity contribution < 1.29 is 4.52 Å². The lowest BCUT2D eigenvalue weighted by Gasteiger charge is -1.94. The highest BCUT2D eigenvalue weighted by Crippen LogP contribution is 2.30. The van der Waals surface area contributed by atoms with Crippen molar-refractivity contribution in [1.29, 1.82) is 0 Å². The first-order chi connectivity index (χ1) is 8.83. The molecule has 0 unspecified atom stereocenters. The lowest BCUT2D eigenvalue weighted by Crippen LogP contribution is -1.90. The summed E-state index contributed by atoms with van der Waals surface area (Å²) in [6.45, 7) is 0. The molecule has 0 spiro atoms. The van der Waals surface area contributed by atoms with E-state index in [4.69, 9.17) is 10.3 Å². The van der Waals surface area contributed by atoms with Gasteiger partial charge in [0.1, 0.15) is 4.88 Å². The maximum atomic E-state index is 5.82. The maximum absolute atomic E-state index is 5.82. The summed E-state index contributed by atoms with van der Waals surface area (Å²) in [7, 11) is 0. The van der Waals surface area contributed by atoms with Gasteiger partial charge >= 0.3 is 0 Å². The van der Waals surface area contributed by atoms with E-state index in [0.29, 0.717) is 23.8 Å². The quantitative estimate of drug-likeness (QED) is 0.783. The zero-order valence-corrected chi connectivity index (χ0v) is 10.4. The number of rotatable bonds is 3. The molecule has 5 heteroatoms. The molecule has 90 valence electrons. The molecule has 2 aromatic heterocycles. The van der Waals surface area contributed by atoms with Crippen molar-refractivity contribution >= 4 is 17.0 Å². The molecular formula is C13H11N3OS. The maximum Gasteiger partial charge on any atom is 0.270 e. The monoisotopic (exact) mass is 257 g/mol. The fraction of sp³-hybridized carbons (Fsp3) is 0.0769. The van der Waals surface area contributed by atoms with Gasteiger partial charge < -0.3 is 10.3 Å². The Hall–Kier alpha value is -2.14. The molecule has 0 fully saturated rings. The Morgan fingerprint density at radius 2 is 2.00 bits per heavy atom. The van der Waals surface area contributed by atoms with Gasteiger partial charge in [-0.15, -0.1) is 11.3 Å². The van der Waals surface area contributed by atoms with Gasteiger partial charge in [-0.2, -0.15) is 4.98 Å². The van der Waals surface area contributed by atoms with Crippen molar-refractivity contribution in [2.75, 3.05) is 5.73 Å². The third-order valence-corrected chi connectivity index (χ3v) is 3.48. The molecule has 3 aromatic rings. The SMILES string of the molecule is Nc1ccsc1-c1nc(Cc2ccccc2)no1. The second-order valence-corrected chi connectivity index (χ2v) is 4.80. The number of thiophene rings is 1. The number of hydrogen-bond acceptors (Lipinski definition) is 5. The van der Waals surface area contributed by atoms with Crippen molar-refractivity contribution in [1.82, 2.24) is 10.1 Å². The number of nitrogen functional groups attached to an aromatic ring is 1. The minimum Gasteiger partial charge on any atom is -0.397 e. The Labute approximate surface area is 108 Å². The summed E-state index contributed by atoms with van der Waals surface area (Å²) < 4.78 is 5.23. The average Bonchev–Trinajstić information content (AvgIpc) is 2.99. The van der Waals surface area contributed by atoms with E-state index in [-0.39, 0.29) is 0 Å². The van der Waals surface area contributed by atoms with E-state index in [1.54, 1.807) is 0 Å². The first-order valence-electron chi connectivity index (χ1n) is 5.53. The van der Waals surface area contributed by atoms with Crippen LogP contribution in [-0.4, -0.2) is 10.1 Å². The molecule has 1 aromatic carbocycles. The van der Waals surface area contributed by atoms with Crippen LogP contribution in [0.15, 0.2) is 46.3 Å². The third kappa shape index (κ3) is 2.12. The molecule has 4 nitrogen and oxygen atoms in total. The number of nitrogens with zero attached hydrogens (tertiary/aromatic N) is 2. The van der Waals surface area contributed by atoms with Crippen molar-refractivity contribution in [2.24, 2.45) is 0 Å². The lowest BCUT2D eigenvalue weighted by molar-refractivity contribution is 0.425. The zero-order chi connectivity index (χ0) is 12.4. The van der Waals surface area contributed by atoms with E-state index in [1.165, 1.54) is 11.3 Å². The second-order valence-electron chi connectivity index (χ2n) is 3.88. The van der Waals surface area contributed by atoms with Gasteiger partial charge in [0.2, 0.25) is 0 Å². The van der Waals surface area contributed by atoms with Gasteiger partial charge in [-0.05, 0) is 17.0 Å². The van der Waals surface area contributed by atoms with E-state index >= 15 is 0 Å². The van der Waals surface area contributed by atoms with Crippen LogP contribution in [0.2, 0.25) is 0 Å². The van der Waals surface area contributed by atoms with Crippen LogP contribution in [0.5, 0.6) is 0 Å². The van der Waals surface area contributed by atoms with E-state index < -0.39 is 0 Å². The van der Waals surface area contributed by atoms with Crippen LogP contribution in [-0.2, 0) is 6.42 Å². The molecule has 0 aliphatic carbocycles. The highest BCUT2D eigenvalue weighted by molar-refractivity contribution is 7.14. The first-order valence-corrected chi connectivity index (χ1v) is 6.41. The average molecular weight is 257 g/mol. The van der Waals surface area contributed by atoms with Crippen molar-refractivity contribution in [3.63, 3.8) is 0 Å². The van der Waals surface area contributed by atoms with E-state index in [1.807, 2.05) is 41.8 Å². The summed E-state index contributed by atoms with van der Waals surface area (Å²) in [5, 5.41) is 5.88. The molecule has 0 radical (unpaired) electrons. The predicted molar refractivity (Wildman–Crippen MR) is 71.3 cm³/mol. The van der Waals surface area contributed by atoms with E-state index in [0.717, 1.165) is 10.4 Å². The molecule has 3 rings (SSSR count). The summed E-state index contributed by atoms with van der Waals surface area (Å²) >= 11 is 1.50. The molecule has 2 N–H and O–H groups in total. The van der Waals surface area contributed by atoms with Gasteiger partial charge in [-0.3, -0.25) is 0 Å². The number of nitrogens with two attached hydrogens (primary N) is 1. The highest BCUT2D eigenvalue weighted by atomic mass is 32.1. The molecular weight excluding hydrogens is 246 g/mol. The Kier molecular flexibility index (Phi) is 2.82. The normalized spacial score (nSPS) is 10.7. The molecule has 2 heterocycles. The van der Waals surface area contributed by atoms with Crippen molar-refractivity contribution in [2.45, 2.75) is 6.42 Å². The van der Waals surface area contributed by atoms with Crippen LogP contribution in [0.3, 0.4) is 0 Å². The van der Waals surface area contributed by atoms with Crippen molar-refractivity contribution in [3.8, 4) is 10.8 Å². The van der Waals surface area contributed by atoms with Gasteiger partial charge in [0.15, 0.2) is 5.82 Å². The third-order valence-electron chi connectivity index (χ3n) is 2.56. The van der Waals surface area contributed by atoms with Crippen LogP contribution >= 0.6 is 11.3 Å². The Morgan fingerprint density at radius 3 is 2.72 bits per heavy atom. The van der Waals surface area contributed by atoms with Gasteiger partial charge in [0, 0.05) is 6.42 Å². The van der Waals surface area contributed by atoms with Gasteiger partial charge in [-0.25, -0.2) is 0 Å². The minimum atomic E-state index is 0.494. The molecule has 0 amide bonds. The molecule has 0 saturated carbocycles. The lowest BCUT2D eigenvalue weighted by atomic mass is 10.1. The number of aromatic nitrogens is 2. The Balaban J connectivity index is 1.84. The molecule has 18 heavy (non-hydrogen) atoms. The smallest absolute Gasteiger partial charge is 0.270 e. The van der Waals surface area contributed by atoms with E-state index in [9.17, 15) is 0 Å². The summed E-state index contributed by atoms with van der Waals surface area (Å²) in [6, 6.07) is 11.9. The van der Waals surface area contributed by atoms with Crippen LogP contribution in [0.4, 0.5) is 5.69 Å². The van der Waals surface area contributed by atoms with Gasteiger partial charge in [0.25, 0.3) is 5.89 Å². The largest absolute Gasteiger partial charge is 0.397 e. The van der Waals surface area contributed by atoms with Crippen LogP contribution in [0.1, 0.15) is 11.4 Å². The fourth-order valence-electron chi connectivity index (χ4n) is 1.69. The van der Waals surface area contributed by atoms with Crippen LogP contribution in [0, 0.1) is 0 Å². The number of benzene rings is 1. The van der Waals surface area contributed by atoms with Gasteiger partial charge in [0.05, 0.1) is 5.69 Å². The molecule has 0 saturated heterocycles. The zero-order valence-electron chi connectivity index (χ0n) is 9.54. The van der Waals surface area contributed by atoms with Crippen LogP contribution in [0.25, 0.3) is 10.8 Å². The molecule has 0 aliphatic rings. The second kappa shape index (κ2) is 4.62. The van der Waals surface area contributed by atoms with Crippen LogP contribution < -0.4 is 5.73 Å². The standard InChI is InChI=1S/C13H11N3OS/c14-10-6-7-18-12(10)13-15-11(16-17-13)8-9-4-2-1-3-5-9/h1-7H,8,14H2. The molecule has 0 atom stereocenters. The first kappa shape index (κ1) is 11.0. The summed E-state index contributed by atoms with van der Waals surface area (Å²) in [6.07, 6.45) is 0.662. The number of hydrogen-bond donors (Lipinski definition) is 1. The fourth-order valence-corrected chi connectivity index (χ4v) is 2.43. The van der Waals surface area contributed by atoms with Crippen molar-refractivity contribution in [3.05, 3.63) is 53.2 Å². The highest BCUT2D eigenvalue weighted by Gasteiger charge is 2.13. The Bertz CT molecular complexity index is 645. The topological polar surface area (TPSA) is 64.9 Å². The molecule has 0 aliphatic heterocycles. The summed E-state index contributed by atoms with van der Waals surface area (Å²) in [4.78, 5) is 5.20.